The second kappa shape index (κ2) is 12.9. The van der Waals surface area contributed by atoms with Crippen LogP contribution in [0.3, 0.4) is 0 Å². The summed E-state index contributed by atoms with van der Waals surface area (Å²) in [4.78, 5) is 34.8. The summed E-state index contributed by atoms with van der Waals surface area (Å²) in [6, 6.07) is -0.355. The van der Waals surface area contributed by atoms with Gasteiger partial charge in [0.2, 0.25) is 0 Å². The maximum atomic E-state index is 12.0. The van der Waals surface area contributed by atoms with Crippen molar-refractivity contribution in [2.24, 2.45) is 5.92 Å². The van der Waals surface area contributed by atoms with Crippen LogP contribution >= 0.6 is 8.25 Å². The van der Waals surface area contributed by atoms with Gasteiger partial charge in [-0.1, -0.05) is 41.5 Å². The Morgan fingerprint density at radius 2 is 1.81 bits per heavy atom. The zero-order valence-electron chi connectivity index (χ0n) is 22.8. The quantitative estimate of drug-likeness (QED) is 0.320. The van der Waals surface area contributed by atoms with Crippen molar-refractivity contribution in [3.8, 4) is 0 Å². The molecule has 0 aliphatic heterocycles. The van der Waals surface area contributed by atoms with Crippen molar-refractivity contribution in [3.05, 3.63) is 23.0 Å². The highest BCUT2D eigenvalue weighted by atomic mass is 31.1. The number of nitrogens with one attached hydrogen (secondary N) is 1. The van der Waals surface area contributed by atoms with E-state index in [4.69, 9.17) is 8.95 Å². The van der Waals surface area contributed by atoms with Gasteiger partial charge in [0.15, 0.2) is 19.5 Å². The van der Waals surface area contributed by atoms with Gasteiger partial charge in [-0.3, -0.25) is 9.36 Å². The first kappa shape index (κ1) is 30.8. The molecule has 1 aliphatic carbocycles. The van der Waals surface area contributed by atoms with Gasteiger partial charge in [-0.15, -0.1) is 0 Å². The van der Waals surface area contributed by atoms with Crippen LogP contribution in [0.1, 0.15) is 54.0 Å². The molecule has 2 aromatic heterocycles. The Bertz CT molecular complexity index is 1050. The van der Waals surface area contributed by atoms with Crippen LogP contribution in [0.25, 0.3) is 11.2 Å². The van der Waals surface area contributed by atoms with Crippen LogP contribution in [0, 0.1) is 5.92 Å². The number of rotatable bonds is 9. The predicted molar refractivity (Wildman–Crippen MR) is 144 cm³/mol. The molecule has 1 aliphatic rings. The van der Waals surface area contributed by atoms with Crippen LogP contribution in [-0.2, 0) is 13.5 Å². The summed E-state index contributed by atoms with van der Waals surface area (Å²) in [5.41, 5.74) is 0.260. The molecule has 206 valence electrons. The summed E-state index contributed by atoms with van der Waals surface area (Å²) >= 11 is 0. The average Bonchev–Trinajstić information content (AvgIpc) is 3.36. The molecule has 3 rings (SSSR count). The zero-order valence-corrected chi connectivity index (χ0v) is 24.8. The van der Waals surface area contributed by atoms with Gasteiger partial charge in [0.1, 0.15) is 0 Å². The van der Waals surface area contributed by atoms with E-state index in [9.17, 15) is 19.4 Å². The predicted octanol–water partition coefficient (Wildman–Crippen LogP) is 3.18. The number of aromatic nitrogens is 4. The molecule has 3 N–H and O–H groups in total. The first-order chi connectivity index (χ1) is 16.8. The van der Waals surface area contributed by atoms with Crippen molar-refractivity contribution in [1.29, 1.82) is 0 Å². The van der Waals surface area contributed by atoms with E-state index in [2.05, 4.69) is 74.5 Å². The van der Waals surface area contributed by atoms with Crippen molar-refractivity contribution in [3.63, 3.8) is 0 Å². The number of hydrogen-bond acceptors (Lipinski definition) is 8. The molecule has 0 aromatic carbocycles. The Morgan fingerprint density at radius 3 is 2.28 bits per heavy atom. The SMILES string of the molecule is CC(C)(C)[Si](C)(C)O[C@@H]1[C@H](O[PH](=O)O)[C@@H](CO)C[C@H]1n1cnc2c(=O)[nH]cnc21.CCN(CC)CC. The normalized spacial score (nSPS) is 23.6. The maximum Gasteiger partial charge on any atom is 0.316 e. The number of imidazole rings is 1. The second-order valence-corrected chi connectivity index (χ2v) is 16.1. The third-order valence-corrected chi connectivity index (χ3v) is 12.4. The van der Waals surface area contributed by atoms with E-state index in [1.54, 1.807) is 4.57 Å². The van der Waals surface area contributed by atoms with E-state index in [1.807, 2.05) is 0 Å². The Hall–Kier alpha value is -1.40. The molecule has 2 heterocycles. The Labute approximate surface area is 215 Å². The van der Waals surface area contributed by atoms with Gasteiger partial charge in [-0.2, -0.15) is 0 Å². The number of aliphatic hydroxyl groups excluding tert-OH is 1. The van der Waals surface area contributed by atoms with Crippen LogP contribution in [0.15, 0.2) is 17.4 Å². The Balaban J connectivity index is 0.000000572. The summed E-state index contributed by atoms with van der Waals surface area (Å²) in [5, 5.41) is 9.80. The smallest absolute Gasteiger partial charge is 0.316 e. The van der Waals surface area contributed by atoms with E-state index in [-0.39, 0.29) is 28.8 Å². The van der Waals surface area contributed by atoms with Crippen molar-refractivity contribution in [2.75, 3.05) is 26.2 Å². The minimum atomic E-state index is -3.24. The lowest BCUT2D eigenvalue weighted by Gasteiger charge is -2.41. The molecule has 2 aromatic rings. The van der Waals surface area contributed by atoms with E-state index in [0.29, 0.717) is 12.1 Å². The lowest BCUT2D eigenvalue weighted by Crippen LogP contribution is -2.48. The van der Waals surface area contributed by atoms with Gasteiger partial charge in [0.25, 0.3) is 5.56 Å². The third kappa shape index (κ3) is 7.12. The third-order valence-electron chi connectivity index (χ3n) is 7.48. The van der Waals surface area contributed by atoms with E-state index in [1.165, 1.54) is 32.3 Å². The number of H-pyrrole nitrogens is 1. The van der Waals surface area contributed by atoms with Gasteiger partial charge < -0.3 is 33.4 Å². The fraction of sp³-hybridized carbons (Fsp3) is 0.783. The van der Waals surface area contributed by atoms with Crippen LogP contribution in [-0.4, -0.2) is 81.2 Å². The van der Waals surface area contributed by atoms with Crippen molar-refractivity contribution in [2.45, 2.75) is 84.3 Å². The van der Waals surface area contributed by atoms with E-state index in [0.717, 1.165) is 0 Å². The standard InChI is InChI=1S/C17H29N4O6PSi.C6H15N/c1-17(2,3)29(4,5)27-14-11(6-10(7-22)13(14)26-28(24)25)21-9-20-12-15(21)18-8-19-16(12)23;1-4-7(5-2)6-3/h8-11,13-14,22,28H,6-7H2,1-5H3,(H,24,25)(H,18,19,23);4-6H2,1-3H3/t10-,11-,13-,14+;/m1./s1. The highest BCUT2D eigenvalue weighted by Gasteiger charge is 2.51. The number of nitrogens with zero attached hydrogens (tertiary/aromatic N) is 4. The molecule has 1 unspecified atom stereocenters. The molecular formula is C23H44N5O6PSi. The molecule has 0 radical (unpaired) electrons. The van der Waals surface area contributed by atoms with E-state index >= 15 is 0 Å². The fourth-order valence-corrected chi connectivity index (χ4v) is 6.12. The summed E-state index contributed by atoms with van der Waals surface area (Å²) < 4.78 is 25.3. The number of aliphatic hydroxyl groups is 1. The number of hydrogen-bond donors (Lipinski definition) is 3. The van der Waals surface area contributed by atoms with Gasteiger partial charge in [0, 0.05) is 12.5 Å². The highest BCUT2D eigenvalue weighted by molar-refractivity contribution is 7.32. The number of aromatic amines is 1. The minimum Gasteiger partial charge on any atom is -0.409 e. The largest absolute Gasteiger partial charge is 0.409 e. The molecule has 11 nitrogen and oxygen atoms in total. The van der Waals surface area contributed by atoms with Crippen molar-refractivity contribution >= 4 is 27.7 Å². The molecule has 13 heteroatoms. The lowest BCUT2D eigenvalue weighted by atomic mass is 10.1. The van der Waals surface area contributed by atoms with Crippen LogP contribution < -0.4 is 5.56 Å². The molecule has 1 fully saturated rings. The molecule has 0 amide bonds. The molecule has 0 spiro atoms. The van der Waals surface area contributed by atoms with Crippen LogP contribution in [0.5, 0.6) is 0 Å². The summed E-state index contributed by atoms with van der Waals surface area (Å²) in [7, 11) is -5.54. The summed E-state index contributed by atoms with van der Waals surface area (Å²) in [6.45, 7) is 20.4. The Morgan fingerprint density at radius 1 is 1.19 bits per heavy atom. The minimum absolute atomic E-state index is 0.101. The second-order valence-electron chi connectivity index (χ2n) is 10.6. The molecule has 0 bridgehead atoms. The van der Waals surface area contributed by atoms with Crippen molar-refractivity contribution < 1.29 is 23.5 Å². The first-order valence-corrected chi connectivity index (χ1v) is 16.8. The summed E-state index contributed by atoms with van der Waals surface area (Å²) in [5.74, 6) is -0.393. The van der Waals surface area contributed by atoms with Gasteiger partial charge in [0.05, 0.1) is 30.9 Å². The van der Waals surface area contributed by atoms with Crippen LogP contribution in [0.4, 0.5) is 0 Å². The lowest BCUT2D eigenvalue weighted by molar-refractivity contribution is 0.0178. The van der Waals surface area contributed by atoms with Crippen LogP contribution in [0.2, 0.25) is 18.1 Å². The summed E-state index contributed by atoms with van der Waals surface area (Å²) in [6.07, 6.45) is 1.93. The van der Waals surface area contributed by atoms with E-state index < -0.39 is 34.7 Å². The monoisotopic (exact) mass is 545 g/mol. The number of fused-ring (bicyclic) bond motifs is 1. The van der Waals surface area contributed by atoms with Crippen molar-refractivity contribution in [1.82, 2.24) is 24.4 Å². The zero-order chi connectivity index (χ0) is 27.3. The molecule has 5 atom stereocenters. The highest BCUT2D eigenvalue weighted by Crippen LogP contribution is 2.47. The average molecular weight is 546 g/mol. The fourth-order valence-electron chi connectivity index (χ4n) is 4.23. The first-order valence-electron chi connectivity index (χ1n) is 12.6. The molecular weight excluding hydrogens is 501 g/mol. The topological polar surface area (TPSA) is 143 Å². The maximum absolute atomic E-state index is 12.0. The molecule has 0 saturated heterocycles. The van der Waals surface area contributed by atoms with Gasteiger partial charge in [-0.25, -0.2) is 9.97 Å². The molecule has 1 saturated carbocycles. The Kier molecular flexibility index (Phi) is 11.0. The van der Waals surface area contributed by atoms with Gasteiger partial charge >= 0.3 is 8.25 Å². The van der Waals surface area contributed by atoms with Gasteiger partial charge in [-0.05, 0) is 44.2 Å². The molecule has 36 heavy (non-hydrogen) atoms.